The van der Waals surface area contributed by atoms with E-state index in [9.17, 15) is 10.1 Å². The normalized spacial score (nSPS) is 24.2. The molecule has 2 atom stereocenters. The van der Waals surface area contributed by atoms with Gasteiger partial charge in [0.25, 0.3) is 5.69 Å². The molecular formula is C13H18ClN3O2. The number of rotatable bonds is 3. The zero-order chi connectivity index (χ0) is 14.0. The van der Waals surface area contributed by atoms with Crippen molar-refractivity contribution in [1.82, 2.24) is 5.01 Å². The average Bonchev–Trinajstić information content (AvgIpc) is 2.33. The van der Waals surface area contributed by atoms with Crippen LogP contribution in [-0.4, -0.2) is 22.0 Å². The largest absolute Gasteiger partial charge is 0.312 e. The lowest BCUT2D eigenvalue weighted by Gasteiger charge is -2.39. The molecule has 1 fully saturated rings. The summed E-state index contributed by atoms with van der Waals surface area (Å²) in [5.74, 6) is 0. The summed E-state index contributed by atoms with van der Waals surface area (Å²) in [7, 11) is 0. The topological polar surface area (TPSA) is 58.4 Å². The molecule has 1 heterocycles. The molecule has 104 valence electrons. The Bertz CT molecular complexity index is 471. The van der Waals surface area contributed by atoms with Gasteiger partial charge in [-0.3, -0.25) is 10.1 Å². The average molecular weight is 284 g/mol. The van der Waals surface area contributed by atoms with Crippen molar-refractivity contribution < 1.29 is 4.92 Å². The van der Waals surface area contributed by atoms with E-state index in [4.69, 9.17) is 11.6 Å². The van der Waals surface area contributed by atoms with Crippen molar-refractivity contribution in [2.75, 3.05) is 5.43 Å². The quantitative estimate of drug-likeness (QED) is 0.676. The molecule has 0 bridgehead atoms. The van der Waals surface area contributed by atoms with E-state index >= 15 is 0 Å². The van der Waals surface area contributed by atoms with Crippen molar-refractivity contribution in [2.24, 2.45) is 0 Å². The molecule has 0 radical (unpaired) electrons. The van der Waals surface area contributed by atoms with E-state index in [0.29, 0.717) is 22.8 Å². The summed E-state index contributed by atoms with van der Waals surface area (Å²) >= 11 is 5.93. The molecule has 1 aromatic carbocycles. The van der Waals surface area contributed by atoms with Gasteiger partial charge in [-0.25, -0.2) is 5.01 Å². The second-order valence-electron chi connectivity index (χ2n) is 5.07. The highest BCUT2D eigenvalue weighted by Crippen LogP contribution is 2.31. The van der Waals surface area contributed by atoms with Crippen molar-refractivity contribution >= 4 is 23.0 Å². The molecule has 19 heavy (non-hydrogen) atoms. The first-order chi connectivity index (χ1) is 8.99. The first-order valence-electron chi connectivity index (χ1n) is 6.48. The predicted molar refractivity (Wildman–Crippen MR) is 76.3 cm³/mol. The summed E-state index contributed by atoms with van der Waals surface area (Å²) in [5.41, 5.74) is 3.69. The van der Waals surface area contributed by atoms with Gasteiger partial charge in [-0.1, -0.05) is 18.0 Å². The van der Waals surface area contributed by atoms with Gasteiger partial charge in [0, 0.05) is 23.2 Å². The molecule has 0 aromatic heterocycles. The Morgan fingerprint density at radius 1 is 1.37 bits per heavy atom. The minimum atomic E-state index is -0.391. The molecule has 1 saturated heterocycles. The molecule has 1 aromatic rings. The Morgan fingerprint density at radius 3 is 2.58 bits per heavy atom. The first-order valence-corrected chi connectivity index (χ1v) is 6.85. The van der Waals surface area contributed by atoms with E-state index in [1.807, 2.05) is 0 Å². The van der Waals surface area contributed by atoms with Crippen molar-refractivity contribution in [3.8, 4) is 0 Å². The van der Waals surface area contributed by atoms with Crippen molar-refractivity contribution in [3.63, 3.8) is 0 Å². The third-order valence-electron chi connectivity index (χ3n) is 3.60. The summed E-state index contributed by atoms with van der Waals surface area (Å²) in [4.78, 5) is 10.7. The highest BCUT2D eigenvalue weighted by Gasteiger charge is 2.26. The highest BCUT2D eigenvalue weighted by molar-refractivity contribution is 6.31. The van der Waals surface area contributed by atoms with Gasteiger partial charge in [-0.2, -0.15) is 0 Å². The smallest absolute Gasteiger partial charge is 0.293 e. The Morgan fingerprint density at radius 2 is 2.00 bits per heavy atom. The van der Waals surface area contributed by atoms with Crippen LogP contribution in [-0.2, 0) is 0 Å². The monoisotopic (exact) mass is 283 g/mol. The van der Waals surface area contributed by atoms with Gasteiger partial charge in [-0.15, -0.1) is 0 Å². The van der Waals surface area contributed by atoms with E-state index in [-0.39, 0.29) is 5.69 Å². The number of nitro benzene ring substituents is 1. The van der Waals surface area contributed by atoms with E-state index in [0.717, 1.165) is 12.8 Å². The first kappa shape index (κ1) is 14.1. The van der Waals surface area contributed by atoms with Crippen molar-refractivity contribution in [1.29, 1.82) is 0 Å². The maximum absolute atomic E-state index is 11.0. The number of nitrogens with zero attached hydrogens (tertiary/aromatic N) is 2. The fraction of sp³-hybridized carbons (Fsp3) is 0.538. The summed E-state index contributed by atoms with van der Waals surface area (Å²) in [6, 6.07) is 5.27. The number of anilines is 1. The predicted octanol–water partition coefficient (Wildman–Crippen LogP) is 3.84. The van der Waals surface area contributed by atoms with Crippen LogP contribution < -0.4 is 5.43 Å². The van der Waals surface area contributed by atoms with Crippen LogP contribution in [0.2, 0.25) is 5.02 Å². The number of hydrogen-bond donors (Lipinski definition) is 1. The van der Waals surface area contributed by atoms with Gasteiger partial charge in [0.2, 0.25) is 0 Å². The molecule has 5 nitrogen and oxygen atoms in total. The van der Waals surface area contributed by atoms with Crippen molar-refractivity contribution in [2.45, 2.75) is 45.2 Å². The number of piperidine rings is 1. The second-order valence-corrected chi connectivity index (χ2v) is 5.50. The summed E-state index contributed by atoms with van der Waals surface area (Å²) in [5, 5.41) is 13.6. The molecule has 6 heteroatoms. The molecule has 1 aliphatic heterocycles. The highest BCUT2D eigenvalue weighted by atomic mass is 35.5. The zero-order valence-corrected chi connectivity index (χ0v) is 11.9. The number of hydrazine groups is 1. The standard InChI is InChI=1S/C13H18ClN3O2/c1-9-4-3-5-10(2)16(9)15-12-8-11(14)6-7-13(12)17(18)19/h6-10,15H,3-5H2,1-2H3. The van der Waals surface area contributed by atoms with Crippen LogP contribution >= 0.6 is 11.6 Å². The van der Waals surface area contributed by atoms with Crippen LogP contribution in [0.25, 0.3) is 0 Å². The number of halogens is 1. The zero-order valence-electron chi connectivity index (χ0n) is 11.1. The van der Waals surface area contributed by atoms with Gasteiger partial charge in [-0.05, 0) is 38.8 Å². The molecule has 2 unspecified atom stereocenters. The van der Waals surface area contributed by atoms with Crippen LogP contribution in [0.4, 0.5) is 11.4 Å². The summed E-state index contributed by atoms with van der Waals surface area (Å²) in [6.07, 6.45) is 3.37. The van der Waals surface area contributed by atoms with Crippen molar-refractivity contribution in [3.05, 3.63) is 33.3 Å². The summed E-state index contributed by atoms with van der Waals surface area (Å²) < 4.78 is 0. The third kappa shape index (κ3) is 3.16. The lowest BCUT2D eigenvalue weighted by atomic mass is 10.00. The van der Waals surface area contributed by atoms with E-state index in [2.05, 4.69) is 24.3 Å². The van der Waals surface area contributed by atoms with Gasteiger partial charge < -0.3 is 5.43 Å². The lowest BCUT2D eigenvalue weighted by Crippen LogP contribution is -2.47. The maximum atomic E-state index is 11.0. The lowest BCUT2D eigenvalue weighted by molar-refractivity contribution is -0.384. The fourth-order valence-corrected chi connectivity index (χ4v) is 2.71. The molecule has 1 N–H and O–H groups in total. The second kappa shape index (κ2) is 5.75. The van der Waals surface area contributed by atoms with Gasteiger partial charge in [0.1, 0.15) is 5.69 Å². The summed E-state index contributed by atoms with van der Waals surface area (Å²) in [6.45, 7) is 4.25. The minimum absolute atomic E-state index is 0.0503. The van der Waals surface area contributed by atoms with Crippen LogP contribution in [0.15, 0.2) is 18.2 Å². The van der Waals surface area contributed by atoms with Crippen LogP contribution in [0, 0.1) is 10.1 Å². The number of nitro groups is 1. The van der Waals surface area contributed by atoms with E-state index in [1.165, 1.54) is 18.6 Å². The third-order valence-corrected chi connectivity index (χ3v) is 3.83. The van der Waals surface area contributed by atoms with Gasteiger partial charge in [0.05, 0.1) is 4.92 Å². The molecule has 0 amide bonds. The molecule has 2 rings (SSSR count). The van der Waals surface area contributed by atoms with Crippen LogP contribution in [0.1, 0.15) is 33.1 Å². The van der Waals surface area contributed by atoms with Gasteiger partial charge in [0.15, 0.2) is 0 Å². The maximum Gasteiger partial charge on any atom is 0.293 e. The molecule has 1 aliphatic rings. The number of benzene rings is 1. The van der Waals surface area contributed by atoms with Crippen LogP contribution in [0.5, 0.6) is 0 Å². The van der Waals surface area contributed by atoms with E-state index in [1.54, 1.807) is 6.07 Å². The number of nitrogens with one attached hydrogen (secondary N) is 1. The van der Waals surface area contributed by atoms with Gasteiger partial charge >= 0.3 is 0 Å². The molecule has 0 saturated carbocycles. The molecule has 0 spiro atoms. The Kier molecular flexibility index (Phi) is 4.27. The number of hydrogen-bond acceptors (Lipinski definition) is 4. The Hall–Kier alpha value is -1.33. The van der Waals surface area contributed by atoms with Crippen LogP contribution in [0.3, 0.4) is 0 Å². The Labute approximate surface area is 117 Å². The SMILES string of the molecule is CC1CCCC(C)N1Nc1cc(Cl)ccc1[N+](=O)[O-]. The molecular weight excluding hydrogens is 266 g/mol. The Balaban J connectivity index is 2.26. The molecule has 0 aliphatic carbocycles. The minimum Gasteiger partial charge on any atom is -0.312 e. The fourth-order valence-electron chi connectivity index (χ4n) is 2.54. The van der Waals surface area contributed by atoms with E-state index < -0.39 is 4.92 Å².